The minimum Gasteiger partial charge on any atom is -0.385 e. The third-order valence-electron chi connectivity index (χ3n) is 4.12. The highest BCUT2D eigenvalue weighted by atomic mass is 16.5. The van der Waals surface area contributed by atoms with Gasteiger partial charge in [0.25, 0.3) is 0 Å². The summed E-state index contributed by atoms with van der Waals surface area (Å²) >= 11 is 0. The standard InChI is InChI=1S/C17H24N4O2/c1-13-4-5-15(12-18)16(20-13)21-9-6-14(7-10-21)17(22)19-8-3-11-23-2/h4-5,14H,3,6-11H2,1-2H3,(H,19,22). The second kappa shape index (κ2) is 8.49. The number of nitrogens with zero attached hydrogens (tertiary/aromatic N) is 3. The third-order valence-corrected chi connectivity index (χ3v) is 4.12. The molecule has 23 heavy (non-hydrogen) atoms. The van der Waals surface area contributed by atoms with E-state index in [-0.39, 0.29) is 11.8 Å². The Morgan fingerprint density at radius 2 is 2.22 bits per heavy atom. The zero-order chi connectivity index (χ0) is 16.7. The fourth-order valence-corrected chi connectivity index (χ4v) is 2.80. The van der Waals surface area contributed by atoms with Crippen LogP contribution in [0, 0.1) is 24.2 Å². The molecule has 1 N–H and O–H groups in total. The number of aromatic nitrogens is 1. The van der Waals surface area contributed by atoms with E-state index in [9.17, 15) is 10.1 Å². The Hall–Kier alpha value is -2.13. The first kappa shape index (κ1) is 17.2. The van der Waals surface area contributed by atoms with E-state index < -0.39 is 0 Å². The highest BCUT2D eigenvalue weighted by molar-refractivity contribution is 5.79. The summed E-state index contributed by atoms with van der Waals surface area (Å²) in [6.45, 7) is 4.74. The topological polar surface area (TPSA) is 78.2 Å². The molecule has 1 fully saturated rings. The normalized spacial score (nSPS) is 15.3. The number of pyridine rings is 1. The van der Waals surface area contributed by atoms with E-state index >= 15 is 0 Å². The Balaban J connectivity index is 1.88. The zero-order valence-corrected chi connectivity index (χ0v) is 13.8. The lowest BCUT2D eigenvalue weighted by Crippen LogP contribution is -2.41. The van der Waals surface area contributed by atoms with Gasteiger partial charge >= 0.3 is 0 Å². The lowest BCUT2D eigenvalue weighted by atomic mass is 9.95. The van der Waals surface area contributed by atoms with Crippen molar-refractivity contribution in [2.24, 2.45) is 5.92 Å². The van der Waals surface area contributed by atoms with E-state index in [2.05, 4.69) is 21.3 Å². The summed E-state index contributed by atoms with van der Waals surface area (Å²) in [4.78, 5) is 18.8. The Morgan fingerprint density at radius 3 is 2.87 bits per heavy atom. The molecule has 6 heteroatoms. The molecule has 0 radical (unpaired) electrons. The van der Waals surface area contributed by atoms with Crippen molar-refractivity contribution >= 4 is 11.7 Å². The highest BCUT2D eigenvalue weighted by Crippen LogP contribution is 2.25. The lowest BCUT2D eigenvalue weighted by molar-refractivity contribution is -0.125. The monoisotopic (exact) mass is 316 g/mol. The van der Waals surface area contributed by atoms with Crippen molar-refractivity contribution in [2.45, 2.75) is 26.2 Å². The predicted octanol–water partition coefficient (Wildman–Crippen LogP) is 1.63. The minimum absolute atomic E-state index is 0.0455. The van der Waals surface area contributed by atoms with E-state index in [1.165, 1.54) is 0 Å². The van der Waals surface area contributed by atoms with E-state index in [1.807, 2.05) is 19.1 Å². The Labute approximate surface area is 137 Å². The summed E-state index contributed by atoms with van der Waals surface area (Å²) in [5.41, 5.74) is 1.50. The number of hydrogen-bond acceptors (Lipinski definition) is 5. The van der Waals surface area contributed by atoms with Crippen molar-refractivity contribution in [3.05, 3.63) is 23.4 Å². The number of anilines is 1. The third kappa shape index (κ3) is 4.67. The first-order chi connectivity index (χ1) is 11.2. The molecule has 0 unspecified atom stereocenters. The average Bonchev–Trinajstić information content (AvgIpc) is 2.58. The van der Waals surface area contributed by atoms with E-state index in [1.54, 1.807) is 7.11 Å². The predicted molar refractivity (Wildman–Crippen MR) is 88.1 cm³/mol. The zero-order valence-electron chi connectivity index (χ0n) is 13.8. The van der Waals surface area contributed by atoms with Crippen molar-refractivity contribution in [1.82, 2.24) is 10.3 Å². The maximum atomic E-state index is 12.1. The van der Waals surface area contributed by atoms with Gasteiger partial charge in [-0.15, -0.1) is 0 Å². The molecule has 0 aliphatic carbocycles. The molecule has 0 bridgehead atoms. The molecular formula is C17H24N4O2. The number of carbonyl (C=O) groups excluding carboxylic acids is 1. The second-order valence-corrected chi connectivity index (χ2v) is 5.83. The van der Waals surface area contributed by atoms with Gasteiger partial charge in [-0.2, -0.15) is 5.26 Å². The summed E-state index contributed by atoms with van der Waals surface area (Å²) in [6.07, 6.45) is 2.41. The number of rotatable bonds is 6. The largest absolute Gasteiger partial charge is 0.385 e. The van der Waals surface area contributed by atoms with Gasteiger partial charge in [-0.3, -0.25) is 4.79 Å². The van der Waals surface area contributed by atoms with Crippen LogP contribution in [0.2, 0.25) is 0 Å². The van der Waals surface area contributed by atoms with Crippen molar-refractivity contribution in [3.63, 3.8) is 0 Å². The van der Waals surface area contributed by atoms with Crippen molar-refractivity contribution in [1.29, 1.82) is 5.26 Å². The maximum absolute atomic E-state index is 12.1. The van der Waals surface area contributed by atoms with Gasteiger partial charge in [0.2, 0.25) is 5.91 Å². The number of ether oxygens (including phenoxy) is 1. The number of carbonyl (C=O) groups is 1. The lowest BCUT2D eigenvalue weighted by Gasteiger charge is -2.32. The molecule has 1 aliphatic heterocycles. The second-order valence-electron chi connectivity index (χ2n) is 5.83. The fourth-order valence-electron chi connectivity index (χ4n) is 2.80. The van der Waals surface area contributed by atoms with Gasteiger partial charge in [-0.1, -0.05) is 0 Å². The summed E-state index contributed by atoms with van der Waals surface area (Å²) in [5.74, 6) is 0.911. The number of hydrogen-bond donors (Lipinski definition) is 1. The summed E-state index contributed by atoms with van der Waals surface area (Å²) in [7, 11) is 1.66. The van der Waals surface area contributed by atoms with Crippen LogP contribution in [-0.4, -0.2) is 44.2 Å². The maximum Gasteiger partial charge on any atom is 0.223 e. The smallest absolute Gasteiger partial charge is 0.223 e. The number of amides is 1. The number of piperidine rings is 1. The molecule has 124 valence electrons. The molecule has 1 amide bonds. The van der Waals surface area contributed by atoms with Gasteiger partial charge in [0.1, 0.15) is 11.9 Å². The van der Waals surface area contributed by atoms with E-state index in [0.717, 1.165) is 43.9 Å². The van der Waals surface area contributed by atoms with Crippen LogP contribution < -0.4 is 10.2 Å². The van der Waals surface area contributed by atoms with Gasteiger partial charge < -0.3 is 15.0 Å². The number of aryl methyl sites for hydroxylation is 1. The first-order valence-corrected chi connectivity index (χ1v) is 8.05. The SMILES string of the molecule is COCCCNC(=O)C1CCN(c2nc(C)ccc2C#N)CC1. The van der Waals surface area contributed by atoms with Crippen LogP contribution in [0.5, 0.6) is 0 Å². The van der Waals surface area contributed by atoms with Gasteiger partial charge in [0.05, 0.1) is 5.56 Å². The van der Waals surface area contributed by atoms with Crippen molar-refractivity contribution < 1.29 is 9.53 Å². The van der Waals surface area contributed by atoms with Gasteiger partial charge in [0.15, 0.2) is 0 Å². The quantitative estimate of drug-likeness (QED) is 0.807. The van der Waals surface area contributed by atoms with Crippen LogP contribution in [-0.2, 0) is 9.53 Å². The molecule has 0 aromatic carbocycles. The number of nitriles is 1. The van der Waals surface area contributed by atoms with E-state index in [0.29, 0.717) is 18.7 Å². The summed E-state index contributed by atoms with van der Waals surface area (Å²) in [6, 6.07) is 5.86. The van der Waals surface area contributed by atoms with Crippen LogP contribution in [0.25, 0.3) is 0 Å². The number of methoxy groups -OCH3 is 1. The minimum atomic E-state index is 0.0455. The van der Waals surface area contributed by atoms with Gasteiger partial charge in [0, 0.05) is 45.0 Å². The Bertz CT molecular complexity index is 574. The molecular weight excluding hydrogens is 292 g/mol. The molecule has 0 atom stereocenters. The summed E-state index contributed by atoms with van der Waals surface area (Å²) < 4.78 is 4.97. The molecule has 1 aliphatic rings. The molecule has 1 aromatic heterocycles. The molecule has 2 heterocycles. The van der Waals surface area contributed by atoms with Crippen LogP contribution in [0.4, 0.5) is 5.82 Å². The fraction of sp³-hybridized carbons (Fsp3) is 0.588. The Kier molecular flexibility index (Phi) is 6.36. The van der Waals surface area contributed by atoms with E-state index in [4.69, 9.17) is 4.74 Å². The summed E-state index contributed by atoms with van der Waals surface area (Å²) in [5, 5.41) is 12.2. The van der Waals surface area contributed by atoms with Crippen molar-refractivity contribution in [3.8, 4) is 6.07 Å². The molecule has 6 nitrogen and oxygen atoms in total. The van der Waals surface area contributed by atoms with Gasteiger partial charge in [-0.05, 0) is 38.3 Å². The molecule has 2 rings (SSSR count). The highest BCUT2D eigenvalue weighted by Gasteiger charge is 2.26. The molecule has 0 saturated carbocycles. The van der Waals surface area contributed by atoms with Crippen molar-refractivity contribution in [2.75, 3.05) is 38.3 Å². The van der Waals surface area contributed by atoms with Crippen LogP contribution in [0.15, 0.2) is 12.1 Å². The van der Waals surface area contributed by atoms with Crippen LogP contribution in [0.1, 0.15) is 30.5 Å². The average molecular weight is 316 g/mol. The Morgan fingerprint density at radius 1 is 1.48 bits per heavy atom. The van der Waals surface area contributed by atoms with Gasteiger partial charge in [-0.25, -0.2) is 4.98 Å². The molecule has 1 aromatic rings. The molecule has 1 saturated heterocycles. The number of nitrogens with one attached hydrogen (secondary N) is 1. The van der Waals surface area contributed by atoms with Crippen LogP contribution in [0.3, 0.4) is 0 Å². The first-order valence-electron chi connectivity index (χ1n) is 8.05. The molecule has 0 spiro atoms. The van der Waals surface area contributed by atoms with Crippen LogP contribution >= 0.6 is 0 Å².